The number of rotatable bonds is 2. The van der Waals surface area contributed by atoms with Crippen LogP contribution < -0.4 is 0 Å². The minimum atomic E-state index is -0.561. The summed E-state index contributed by atoms with van der Waals surface area (Å²) in [5.41, 5.74) is -0.477. The van der Waals surface area contributed by atoms with Crippen molar-refractivity contribution in [2.45, 2.75) is 44.3 Å². The number of ether oxygens (including phenoxy) is 1. The minimum Gasteiger partial charge on any atom is -0.389 e. The van der Waals surface area contributed by atoms with Gasteiger partial charge in [0.15, 0.2) is 0 Å². The van der Waals surface area contributed by atoms with Gasteiger partial charge < -0.3 is 9.84 Å². The Bertz CT molecular complexity index is 224. The van der Waals surface area contributed by atoms with Gasteiger partial charge in [-0.05, 0) is 25.7 Å². The van der Waals surface area contributed by atoms with Crippen molar-refractivity contribution < 1.29 is 9.84 Å². The SMILES string of the molecule is N#CC1(C(O)C2CCCO2)CCC1. The molecule has 1 aliphatic carbocycles. The van der Waals surface area contributed by atoms with Crippen LogP contribution >= 0.6 is 0 Å². The lowest BCUT2D eigenvalue weighted by molar-refractivity contribution is -0.0807. The summed E-state index contributed by atoms with van der Waals surface area (Å²) < 4.78 is 5.40. The van der Waals surface area contributed by atoms with Gasteiger partial charge in [-0.25, -0.2) is 0 Å². The normalized spacial score (nSPS) is 33.4. The summed E-state index contributed by atoms with van der Waals surface area (Å²) in [7, 11) is 0. The first-order chi connectivity index (χ1) is 6.28. The molecule has 0 aromatic rings. The second-order valence-corrected chi connectivity index (χ2v) is 4.12. The highest BCUT2D eigenvalue weighted by molar-refractivity contribution is 5.10. The Morgan fingerprint density at radius 1 is 1.46 bits per heavy atom. The molecule has 1 aliphatic heterocycles. The van der Waals surface area contributed by atoms with Gasteiger partial charge in [0, 0.05) is 6.61 Å². The van der Waals surface area contributed by atoms with Crippen molar-refractivity contribution in [1.82, 2.24) is 0 Å². The van der Waals surface area contributed by atoms with Crippen LogP contribution in [-0.4, -0.2) is 23.9 Å². The highest BCUT2D eigenvalue weighted by Crippen LogP contribution is 2.45. The summed E-state index contributed by atoms with van der Waals surface area (Å²) in [5.74, 6) is 0. The number of nitrogens with zero attached hydrogens (tertiary/aromatic N) is 1. The Kier molecular flexibility index (Phi) is 2.27. The number of aliphatic hydroxyl groups excluding tert-OH is 1. The molecule has 1 saturated heterocycles. The Morgan fingerprint density at radius 2 is 2.23 bits per heavy atom. The van der Waals surface area contributed by atoms with Crippen molar-refractivity contribution in [2.24, 2.45) is 5.41 Å². The maximum Gasteiger partial charge on any atom is 0.0987 e. The Balaban J connectivity index is 2.02. The summed E-state index contributed by atoms with van der Waals surface area (Å²) in [6, 6.07) is 2.26. The van der Waals surface area contributed by atoms with E-state index in [1.54, 1.807) is 0 Å². The van der Waals surface area contributed by atoms with E-state index in [9.17, 15) is 5.11 Å². The second-order valence-electron chi connectivity index (χ2n) is 4.12. The minimum absolute atomic E-state index is 0.0834. The lowest BCUT2D eigenvalue weighted by Crippen LogP contribution is -2.46. The molecule has 0 spiro atoms. The van der Waals surface area contributed by atoms with E-state index in [1.807, 2.05) is 0 Å². The molecule has 0 radical (unpaired) electrons. The molecule has 1 N–H and O–H groups in total. The summed E-state index contributed by atoms with van der Waals surface area (Å²) >= 11 is 0. The largest absolute Gasteiger partial charge is 0.389 e. The quantitative estimate of drug-likeness (QED) is 0.696. The fraction of sp³-hybridized carbons (Fsp3) is 0.900. The van der Waals surface area contributed by atoms with E-state index >= 15 is 0 Å². The monoisotopic (exact) mass is 181 g/mol. The number of hydrogen-bond donors (Lipinski definition) is 1. The fourth-order valence-electron chi connectivity index (χ4n) is 2.24. The molecule has 2 rings (SSSR count). The predicted octanol–water partition coefficient (Wildman–Crippen LogP) is 1.22. The zero-order valence-electron chi connectivity index (χ0n) is 7.70. The molecule has 0 bridgehead atoms. The first-order valence-electron chi connectivity index (χ1n) is 4.99. The van der Waals surface area contributed by atoms with Crippen molar-refractivity contribution in [3.8, 4) is 6.07 Å². The van der Waals surface area contributed by atoms with Crippen LogP contribution in [0.3, 0.4) is 0 Å². The van der Waals surface area contributed by atoms with Gasteiger partial charge >= 0.3 is 0 Å². The number of aliphatic hydroxyl groups is 1. The van der Waals surface area contributed by atoms with E-state index < -0.39 is 11.5 Å². The van der Waals surface area contributed by atoms with E-state index in [1.165, 1.54) is 0 Å². The van der Waals surface area contributed by atoms with Crippen LogP contribution in [0.4, 0.5) is 0 Å². The Labute approximate surface area is 78.3 Å². The highest BCUT2D eigenvalue weighted by Gasteiger charge is 2.48. The van der Waals surface area contributed by atoms with Gasteiger partial charge in [-0.3, -0.25) is 0 Å². The van der Waals surface area contributed by atoms with Gasteiger partial charge in [0.05, 0.1) is 23.7 Å². The summed E-state index contributed by atoms with van der Waals surface area (Å²) in [4.78, 5) is 0. The first kappa shape index (κ1) is 8.98. The molecule has 3 heteroatoms. The summed E-state index contributed by atoms with van der Waals surface area (Å²) in [5, 5.41) is 19.0. The van der Waals surface area contributed by atoms with Crippen LogP contribution in [0.1, 0.15) is 32.1 Å². The van der Waals surface area contributed by atoms with Gasteiger partial charge in [-0.15, -0.1) is 0 Å². The third-order valence-corrected chi connectivity index (χ3v) is 3.35. The van der Waals surface area contributed by atoms with E-state index in [4.69, 9.17) is 10.00 Å². The zero-order chi connectivity index (χ0) is 9.31. The van der Waals surface area contributed by atoms with Crippen molar-refractivity contribution >= 4 is 0 Å². The maximum absolute atomic E-state index is 9.97. The lowest BCUT2D eigenvalue weighted by Gasteiger charge is -2.41. The standard InChI is InChI=1S/C10H15NO2/c11-7-10(4-2-5-10)9(12)8-3-1-6-13-8/h8-9,12H,1-6H2. The van der Waals surface area contributed by atoms with Crippen LogP contribution in [-0.2, 0) is 4.74 Å². The van der Waals surface area contributed by atoms with E-state index in [2.05, 4.69) is 6.07 Å². The number of hydrogen-bond acceptors (Lipinski definition) is 3. The van der Waals surface area contributed by atoms with Gasteiger partial charge in [0.25, 0.3) is 0 Å². The topological polar surface area (TPSA) is 53.2 Å². The maximum atomic E-state index is 9.97. The second kappa shape index (κ2) is 3.28. The number of nitriles is 1. The molecule has 2 atom stereocenters. The molecule has 1 heterocycles. The van der Waals surface area contributed by atoms with E-state index in [-0.39, 0.29) is 6.10 Å². The Hall–Kier alpha value is -0.590. The van der Waals surface area contributed by atoms with Crippen molar-refractivity contribution in [3.63, 3.8) is 0 Å². The molecule has 2 aliphatic rings. The molecule has 2 unspecified atom stereocenters. The van der Waals surface area contributed by atoms with Crippen LogP contribution in [0.15, 0.2) is 0 Å². The molecule has 72 valence electrons. The van der Waals surface area contributed by atoms with Gasteiger partial charge in [0.1, 0.15) is 0 Å². The van der Waals surface area contributed by atoms with E-state index in [0.717, 1.165) is 38.7 Å². The lowest BCUT2D eigenvalue weighted by atomic mass is 9.65. The molecule has 1 saturated carbocycles. The zero-order valence-corrected chi connectivity index (χ0v) is 7.70. The molecule has 0 aromatic carbocycles. The predicted molar refractivity (Wildman–Crippen MR) is 46.9 cm³/mol. The first-order valence-corrected chi connectivity index (χ1v) is 4.99. The van der Waals surface area contributed by atoms with Crippen LogP contribution in [0.2, 0.25) is 0 Å². The molecule has 0 aromatic heterocycles. The molecule has 2 fully saturated rings. The van der Waals surface area contributed by atoms with Crippen LogP contribution in [0.25, 0.3) is 0 Å². The third-order valence-electron chi connectivity index (χ3n) is 3.35. The molecular weight excluding hydrogens is 166 g/mol. The summed E-state index contributed by atoms with van der Waals surface area (Å²) in [6.07, 6.45) is 4.02. The molecular formula is C10H15NO2. The van der Waals surface area contributed by atoms with Gasteiger partial charge in [-0.2, -0.15) is 5.26 Å². The smallest absolute Gasteiger partial charge is 0.0987 e. The van der Waals surface area contributed by atoms with E-state index in [0.29, 0.717) is 0 Å². The van der Waals surface area contributed by atoms with Gasteiger partial charge in [0.2, 0.25) is 0 Å². The molecule has 0 amide bonds. The highest BCUT2D eigenvalue weighted by atomic mass is 16.5. The fourth-order valence-corrected chi connectivity index (χ4v) is 2.24. The molecule has 3 nitrogen and oxygen atoms in total. The average Bonchev–Trinajstić information content (AvgIpc) is 2.54. The Morgan fingerprint density at radius 3 is 2.62 bits per heavy atom. The van der Waals surface area contributed by atoms with Crippen molar-refractivity contribution in [1.29, 1.82) is 5.26 Å². The third kappa shape index (κ3) is 1.34. The molecule has 13 heavy (non-hydrogen) atoms. The van der Waals surface area contributed by atoms with Crippen molar-refractivity contribution in [3.05, 3.63) is 0 Å². The summed E-state index contributed by atoms with van der Waals surface area (Å²) in [6.45, 7) is 0.739. The van der Waals surface area contributed by atoms with Crippen LogP contribution in [0, 0.1) is 16.7 Å². The van der Waals surface area contributed by atoms with Gasteiger partial charge in [-0.1, -0.05) is 6.42 Å². The van der Waals surface area contributed by atoms with Crippen LogP contribution in [0.5, 0.6) is 0 Å². The average molecular weight is 181 g/mol. The van der Waals surface area contributed by atoms with Crippen molar-refractivity contribution in [2.75, 3.05) is 6.61 Å².